The van der Waals surface area contributed by atoms with Crippen LogP contribution in [-0.2, 0) is 0 Å². The average molecular weight is 488 g/mol. The van der Waals surface area contributed by atoms with E-state index in [-0.39, 0.29) is 17.8 Å². The summed E-state index contributed by atoms with van der Waals surface area (Å²) in [4.78, 5) is 17.4. The lowest BCUT2D eigenvalue weighted by Crippen LogP contribution is -2.34. The predicted octanol–water partition coefficient (Wildman–Crippen LogP) is 6.17. The second kappa shape index (κ2) is 9.38. The second-order valence-electron chi connectivity index (χ2n) is 8.56. The fourth-order valence-corrected chi connectivity index (χ4v) is 4.07. The summed E-state index contributed by atoms with van der Waals surface area (Å²) in [5.74, 6) is 1.80. The summed E-state index contributed by atoms with van der Waals surface area (Å²) in [7, 11) is 0. The van der Waals surface area contributed by atoms with Crippen LogP contribution >= 0.6 is 12.2 Å². The smallest absolute Gasteiger partial charge is 0.257 e. The van der Waals surface area contributed by atoms with Gasteiger partial charge in [0, 0.05) is 16.8 Å². The first-order chi connectivity index (χ1) is 16.9. The first-order valence-electron chi connectivity index (χ1n) is 11.4. The van der Waals surface area contributed by atoms with Crippen molar-refractivity contribution in [3.8, 4) is 23.0 Å². The minimum absolute atomic E-state index is 0.148. The SMILES string of the molecule is CCC(C)c1ccc2oc(-c3ccc(C)c(NC(=S)NC(=O)c4ccc5c(c4)OCO5)c3)nc2c1. The number of fused-ring (bicyclic) bond motifs is 2. The Bertz CT molecular complexity index is 1450. The molecule has 2 heterocycles. The number of thiocarbonyl (C=S) groups is 1. The van der Waals surface area contributed by atoms with Gasteiger partial charge in [-0.2, -0.15) is 0 Å². The molecule has 0 radical (unpaired) electrons. The first kappa shape index (κ1) is 22.9. The number of anilines is 1. The van der Waals surface area contributed by atoms with E-state index >= 15 is 0 Å². The zero-order valence-corrected chi connectivity index (χ0v) is 20.5. The van der Waals surface area contributed by atoms with Crippen molar-refractivity contribution in [2.45, 2.75) is 33.1 Å². The number of benzene rings is 3. The highest BCUT2D eigenvalue weighted by molar-refractivity contribution is 7.80. The summed E-state index contributed by atoms with van der Waals surface area (Å²) >= 11 is 5.40. The van der Waals surface area contributed by atoms with Crippen LogP contribution in [0, 0.1) is 6.92 Å². The number of carbonyl (C=O) groups excluding carboxylic acids is 1. The van der Waals surface area contributed by atoms with Crippen molar-refractivity contribution in [2.24, 2.45) is 0 Å². The van der Waals surface area contributed by atoms with Gasteiger partial charge in [-0.25, -0.2) is 4.98 Å². The van der Waals surface area contributed by atoms with Crippen LogP contribution < -0.4 is 20.1 Å². The van der Waals surface area contributed by atoms with Gasteiger partial charge in [0.2, 0.25) is 12.7 Å². The van der Waals surface area contributed by atoms with Gasteiger partial charge in [-0.05, 0) is 85.1 Å². The Morgan fingerprint density at radius 3 is 2.74 bits per heavy atom. The van der Waals surface area contributed by atoms with E-state index in [1.54, 1.807) is 18.2 Å². The van der Waals surface area contributed by atoms with Crippen LogP contribution in [0.3, 0.4) is 0 Å². The van der Waals surface area contributed by atoms with Crippen molar-refractivity contribution in [3.05, 3.63) is 71.3 Å². The van der Waals surface area contributed by atoms with Crippen LogP contribution in [0.2, 0.25) is 0 Å². The largest absolute Gasteiger partial charge is 0.454 e. The summed E-state index contributed by atoms with van der Waals surface area (Å²) < 4.78 is 16.6. The van der Waals surface area contributed by atoms with Crippen molar-refractivity contribution in [2.75, 3.05) is 12.1 Å². The molecular weight excluding hydrogens is 462 g/mol. The monoisotopic (exact) mass is 487 g/mol. The maximum Gasteiger partial charge on any atom is 0.257 e. The van der Waals surface area contributed by atoms with Crippen molar-refractivity contribution in [1.82, 2.24) is 10.3 Å². The molecule has 8 heteroatoms. The number of amides is 1. The quantitative estimate of drug-likeness (QED) is 0.326. The molecule has 0 aliphatic carbocycles. The van der Waals surface area contributed by atoms with Gasteiger partial charge in [0.15, 0.2) is 22.2 Å². The van der Waals surface area contributed by atoms with Gasteiger partial charge in [0.1, 0.15) is 5.52 Å². The Balaban J connectivity index is 1.33. The molecule has 1 amide bonds. The first-order valence-corrected chi connectivity index (χ1v) is 11.9. The normalized spacial score (nSPS) is 13.0. The second-order valence-corrected chi connectivity index (χ2v) is 8.97. The van der Waals surface area contributed by atoms with Crippen molar-refractivity contribution >= 4 is 40.0 Å². The van der Waals surface area contributed by atoms with Crippen LogP contribution in [-0.4, -0.2) is 22.8 Å². The van der Waals surface area contributed by atoms with Crippen LogP contribution in [0.15, 0.2) is 59.0 Å². The summed E-state index contributed by atoms with van der Waals surface area (Å²) in [5.41, 5.74) is 5.77. The zero-order valence-electron chi connectivity index (χ0n) is 19.7. The molecule has 1 atom stereocenters. The highest BCUT2D eigenvalue weighted by Crippen LogP contribution is 2.33. The predicted molar refractivity (Wildman–Crippen MR) is 139 cm³/mol. The van der Waals surface area contributed by atoms with E-state index in [2.05, 4.69) is 36.6 Å². The summed E-state index contributed by atoms with van der Waals surface area (Å²) in [5, 5.41) is 6.01. The molecule has 1 aliphatic heterocycles. The number of aromatic nitrogens is 1. The van der Waals surface area contributed by atoms with Crippen molar-refractivity contribution in [3.63, 3.8) is 0 Å². The maximum atomic E-state index is 12.7. The van der Waals surface area contributed by atoms with E-state index < -0.39 is 0 Å². The highest BCUT2D eigenvalue weighted by Gasteiger charge is 2.17. The topological polar surface area (TPSA) is 85.6 Å². The van der Waals surface area contributed by atoms with Gasteiger partial charge in [0.25, 0.3) is 5.91 Å². The molecule has 0 saturated heterocycles. The molecule has 1 aromatic heterocycles. The molecule has 1 unspecified atom stereocenters. The number of hydrogen-bond donors (Lipinski definition) is 2. The number of nitrogens with one attached hydrogen (secondary N) is 2. The molecule has 1 aliphatic rings. The summed E-state index contributed by atoms with van der Waals surface area (Å²) in [6, 6.07) is 17.0. The molecule has 3 aromatic carbocycles. The van der Waals surface area contributed by atoms with Crippen LogP contribution in [0.1, 0.15) is 47.7 Å². The molecular formula is C27H25N3O4S. The van der Waals surface area contributed by atoms with E-state index in [1.165, 1.54) is 5.56 Å². The Morgan fingerprint density at radius 2 is 1.91 bits per heavy atom. The fourth-order valence-electron chi connectivity index (χ4n) is 3.87. The molecule has 0 spiro atoms. The number of aryl methyl sites for hydroxylation is 1. The molecule has 35 heavy (non-hydrogen) atoms. The lowest BCUT2D eigenvalue weighted by molar-refractivity contribution is 0.0977. The number of ether oxygens (including phenoxy) is 2. The number of rotatable bonds is 5. The van der Waals surface area contributed by atoms with Crippen molar-refractivity contribution in [1.29, 1.82) is 0 Å². The molecule has 5 rings (SSSR count). The Morgan fingerprint density at radius 1 is 1.09 bits per heavy atom. The Hall–Kier alpha value is -3.91. The van der Waals surface area contributed by atoms with Gasteiger partial charge < -0.3 is 19.2 Å². The molecule has 0 saturated carbocycles. The molecule has 7 nitrogen and oxygen atoms in total. The van der Waals surface area contributed by atoms with Gasteiger partial charge in [0.05, 0.1) is 0 Å². The lowest BCUT2D eigenvalue weighted by atomic mass is 9.98. The molecule has 2 N–H and O–H groups in total. The number of hydrogen-bond acceptors (Lipinski definition) is 6. The maximum absolute atomic E-state index is 12.7. The average Bonchev–Trinajstić information content (AvgIpc) is 3.50. The Labute approximate surface area is 208 Å². The van der Waals surface area contributed by atoms with Crippen molar-refractivity contribution < 1.29 is 18.7 Å². The third-order valence-electron chi connectivity index (χ3n) is 6.19. The van der Waals surface area contributed by atoms with Crippen LogP contribution in [0.4, 0.5) is 5.69 Å². The summed E-state index contributed by atoms with van der Waals surface area (Å²) in [6.07, 6.45) is 1.06. The molecule has 178 valence electrons. The zero-order chi connectivity index (χ0) is 24.5. The van der Waals surface area contributed by atoms with Gasteiger partial charge >= 0.3 is 0 Å². The van der Waals surface area contributed by atoms with Gasteiger partial charge in [-0.3, -0.25) is 10.1 Å². The molecule has 4 aromatic rings. The standard InChI is InChI=1S/C27H25N3O4S/c1-4-15(2)17-7-9-22-21(11-17)28-26(34-22)19-6-5-16(3)20(12-19)29-27(35)30-25(31)18-8-10-23-24(13-18)33-14-32-23/h5-13,15H,4,14H2,1-3H3,(H2,29,30,31,35). The fraction of sp³-hybridized carbons (Fsp3) is 0.222. The molecule has 0 fully saturated rings. The minimum atomic E-state index is -0.342. The highest BCUT2D eigenvalue weighted by atomic mass is 32.1. The van der Waals surface area contributed by atoms with Crippen LogP contribution in [0.5, 0.6) is 11.5 Å². The number of nitrogens with zero attached hydrogens (tertiary/aromatic N) is 1. The third kappa shape index (κ3) is 4.70. The number of oxazole rings is 1. The van der Waals surface area contributed by atoms with Crippen LogP contribution in [0.25, 0.3) is 22.6 Å². The van der Waals surface area contributed by atoms with E-state index in [0.29, 0.717) is 28.9 Å². The lowest BCUT2D eigenvalue weighted by Gasteiger charge is -2.13. The number of carbonyl (C=O) groups is 1. The van der Waals surface area contributed by atoms with E-state index in [1.807, 2.05) is 31.2 Å². The van der Waals surface area contributed by atoms with E-state index in [4.69, 9.17) is 31.1 Å². The summed E-state index contributed by atoms with van der Waals surface area (Å²) in [6.45, 7) is 6.48. The molecule has 0 bridgehead atoms. The van der Waals surface area contributed by atoms with E-state index in [0.717, 1.165) is 34.3 Å². The Kier molecular flexibility index (Phi) is 6.13. The van der Waals surface area contributed by atoms with E-state index in [9.17, 15) is 4.79 Å². The van der Waals surface area contributed by atoms with Gasteiger partial charge in [-0.15, -0.1) is 0 Å². The third-order valence-corrected chi connectivity index (χ3v) is 6.39. The van der Waals surface area contributed by atoms with Gasteiger partial charge in [-0.1, -0.05) is 26.0 Å². The minimum Gasteiger partial charge on any atom is -0.454 e.